The van der Waals surface area contributed by atoms with Gasteiger partial charge in [-0.05, 0) is 163 Å². The molecule has 0 atom stereocenters. The number of rotatable bonds is 4. The van der Waals surface area contributed by atoms with E-state index in [-0.39, 0.29) is 21.9 Å². The van der Waals surface area contributed by atoms with E-state index in [4.69, 9.17) is 0 Å². The number of carbonyl (C=O) groups excluding carboxylic acids is 2. The van der Waals surface area contributed by atoms with Gasteiger partial charge in [0.15, 0.2) is 0 Å². The van der Waals surface area contributed by atoms with Crippen LogP contribution in [0.5, 0.6) is 0 Å². The lowest BCUT2D eigenvalue weighted by Gasteiger charge is -2.63. The lowest BCUT2D eigenvalue weighted by Crippen LogP contribution is -2.68. The van der Waals surface area contributed by atoms with Crippen LogP contribution in [0.25, 0.3) is 0 Å². The smallest absolute Gasteiger partial charge is 0.226 e. The number of hydrogen-bond donors (Lipinski definition) is 2. The molecule has 36 heavy (non-hydrogen) atoms. The van der Waals surface area contributed by atoms with E-state index in [1.165, 1.54) is 83.5 Å². The van der Waals surface area contributed by atoms with Gasteiger partial charge in [-0.25, -0.2) is 0 Å². The van der Waals surface area contributed by atoms with Crippen molar-refractivity contribution < 1.29 is 9.59 Å². The zero-order valence-corrected chi connectivity index (χ0v) is 22.2. The summed E-state index contributed by atoms with van der Waals surface area (Å²) in [4.78, 5) is 28.6. The molecule has 0 aliphatic heterocycles. The molecule has 2 N–H and O–H groups in total. The molecule has 12 rings (SSSR count). The minimum Gasteiger partial charge on any atom is -0.350 e. The lowest BCUT2D eigenvalue weighted by atomic mass is 9.43. The number of hydrogen-bond acceptors (Lipinski definition) is 2. The van der Waals surface area contributed by atoms with Crippen molar-refractivity contribution in [2.45, 2.75) is 127 Å². The maximum Gasteiger partial charge on any atom is 0.226 e. The van der Waals surface area contributed by atoms with Crippen LogP contribution in [0.2, 0.25) is 0 Å². The standard InChI is InChI=1S/C32H46N2O2/c35-27(33-31-12-19-1-20(13-31)3-21(2-19)14-31)29-8-25-7-26(9-29)11-30(10-25,18-29)28(36)34-32-15-22-4-23(16-32)6-24(5-22)17-32/h19-26H,1-18H2,(H,33,35)(H,34,36). The average molecular weight is 491 g/mol. The van der Waals surface area contributed by atoms with Gasteiger partial charge in [-0.15, -0.1) is 0 Å². The Bertz CT molecular complexity index is 853. The molecule has 0 radical (unpaired) electrons. The number of carbonyl (C=O) groups is 2. The zero-order valence-electron chi connectivity index (χ0n) is 22.2. The Hall–Kier alpha value is -1.06. The van der Waals surface area contributed by atoms with Crippen LogP contribution >= 0.6 is 0 Å². The Balaban J connectivity index is 0.978. The van der Waals surface area contributed by atoms with Gasteiger partial charge in [0.25, 0.3) is 0 Å². The summed E-state index contributed by atoms with van der Waals surface area (Å²) in [5.74, 6) is 7.00. The van der Waals surface area contributed by atoms with Crippen molar-refractivity contribution in [2.24, 2.45) is 58.2 Å². The maximum atomic E-state index is 14.3. The van der Waals surface area contributed by atoms with Crippen molar-refractivity contribution >= 4 is 11.8 Å². The minimum atomic E-state index is -0.272. The quantitative estimate of drug-likeness (QED) is 0.528. The summed E-state index contributed by atoms with van der Waals surface area (Å²) in [6.07, 6.45) is 22.2. The lowest BCUT2D eigenvalue weighted by molar-refractivity contribution is -0.172. The van der Waals surface area contributed by atoms with Gasteiger partial charge in [0.1, 0.15) is 0 Å². The molecule has 0 aromatic heterocycles. The van der Waals surface area contributed by atoms with Crippen LogP contribution in [-0.4, -0.2) is 22.9 Å². The van der Waals surface area contributed by atoms with Crippen molar-refractivity contribution in [2.75, 3.05) is 0 Å². The van der Waals surface area contributed by atoms with Crippen LogP contribution in [0.4, 0.5) is 0 Å². The number of amides is 2. The first kappa shape index (κ1) is 21.8. The molecule has 12 aliphatic carbocycles. The van der Waals surface area contributed by atoms with Gasteiger partial charge >= 0.3 is 0 Å². The van der Waals surface area contributed by atoms with E-state index in [2.05, 4.69) is 10.6 Å². The Labute approximate surface area is 216 Å². The molecule has 0 heterocycles. The summed E-state index contributed by atoms with van der Waals surface area (Å²) in [5.41, 5.74) is -0.369. The molecule has 0 saturated heterocycles. The molecule has 196 valence electrons. The summed E-state index contributed by atoms with van der Waals surface area (Å²) >= 11 is 0. The summed E-state index contributed by atoms with van der Waals surface area (Å²) in [6, 6.07) is 0. The molecule has 12 aliphatic rings. The largest absolute Gasteiger partial charge is 0.350 e. The molecule has 4 heteroatoms. The van der Waals surface area contributed by atoms with E-state index >= 15 is 0 Å². The van der Waals surface area contributed by atoms with Crippen LogP contribution in [0.15, 0.2) is 0 Å². The van der Waals surface area contributed by atoms with Crippen LogP contribution < -0.4 is 10.6 Å². The fourth-order valence-electron chi connectivity index (χ4n) is 14.1. The van der Waals surface area contributed by atoms with E-state index in [0.29, 0.717) is 23.7 Å². The van der Waals surface area contributed by atoms with E-state index < -0.39 is 0 Å². The van der Waals surface area contributed by atoms with E-state index in [0.717, 1.165) is 67.6 Å². The molecule has 0 unspecified atom stereocenters. The number of nitrogens with one attached hydrogen (secondary N) is 2. The Morgan fingerprint density at radius 3 is 1.00 bits per heavy atom. The monoisotopic (exact) mass is 490 g/mol. The Kier molecular flexibility index (Phi) is 4.20. The fraction of sp³-hybridized carbons (Fsp3) is 0.938. The highest BCUT2D eigenvalue weighted by Crippen LogP contribution is 2.66. The van der Waals surface area contributed by atoms with Gasteiger partial charge in [-0.3, -0.25) is 9.59 Å². The van der Waals surface area contributed by atoms with Gasteiger partial charge in [-0.1, -0.05) is 0 Å². The van der Waals surface area contributed by atoms with Gasteiger partial charge in [0, 0.05) is 11.1 Å². The summed E-state index contributed by atoms with van der Waals surface area (Å²) in [6.45, 7) is 0. The van der Waals surface area contributed by atoms with Crippen molar-refractivity contribution in [1.82, 2.24) is 10.6 Å². The second-order valence-electron chi connectivity index (χ2n) is 16.8. The highest BCUT2D eigenvalue weighted by Gasteiger charge is 2.65. The molecular weight excluding hydrogens is 444 g/mol. The second-order valence-corrected chi connectivity index (χ2v) is 16.8. The van der Waals surface area contributed by atoms with E-state index in [9.17, 15) is 9.59 Å². The summed E-state index contributed by atoms with van der Waals surface area (Å²) < 4.78 is 0. The van der Waals surface area contributed by atoms with Crippen LogP contribution in [0, 0.1) is 58.2 Å². The Morgan fingerprint density at radius 2 is 0.694 bits per heavy atom. The second kappa shape index (κ2) is 6.92. The van der Waals surface area contributed by atoms with Crippen molar-refractivity contribution in [1.29, 1.82) is 0 Å². The van der Waals surface area contributed by atoms with Gasteiger partial charge in [-0.2, -0.15) is 0 Å². The first-order valence-corrected chi connectivity index (χ1v) is 15.9. The van der Waals surface area contributed by atoms with Crippen LogP contribution in [0.1, 0.15) is 116 Å². The first-order chi connectivity index (χ1) is 17.3. The summed E-state index contributed by atoms with van der Waals surface area (Å²) in [5, 5.41) is 7.59. The van der Waals surface area contributed by atoms with Gasteiger partial charge in [0.2, 0.25) is 11.8 Å². The molecule has 0 spiro atoms. The molecule has 0 aromatic rings. The summed E-state index contributed by atoms with van der Waals surface area (Å²) in [7, 11) is 0. The van der Waals surface area contributed by atoms with Crippen LogP contribution in [-0.2, 0) is 9.59 Å². The molecular formula is C32H46N2O2. The minimum absolute atomic E-state index is 0.0871. The maximum absolute atomic E-state index is 14.3. The van der Waals surface area contributed by atoms with Gasteiger partial charge in [0.05, 0.1) is 10.8 Å². The molecule has 0 aromatic carbocycles. The van der Waals surface area contributed by atoms with Crippen LogP contribution in [0.3, 0.4) is 0 Å². The first-order valence-electron chi connectivity index (χ1n) is 15.9. The predicted molar refractivity (Wildman–Crippen MR) is 138 cm³/mol. The van der Waals surface area contributed by atoms with Crippen molar-refractivity contribution in [3.63, 3.8) is 0 Å². The van der Waals surface area contributed by atoms with Gasteiger partial charge < -0.3 is 10.6 Å². The molecule has 12 saturated carbocycles. The molecule has 12 fully saturated rings. The fourth-order valence-corrected chi connectivity index (χ4v) is 14.1. The normalized spacial score (nSPS) is 58.9. The Morgan fingerprint density at radius 1 is 0.417 bits per heavy atom. The zero-order chi connectivity index (χ0) is 23.9. The SMILES string of the molecule is O=C(NC12CC3CC(CC(C3)C1)C2)C12CC3CC(C1)CC(C(=O)NC14CC5CC(CC(C5)C1)C4)(C3)C2. The molecule has 4 nitrogen and oxygen atoms in total. The van der Waals surface area contributed by atoms with Crippen molar-refractivity contribution in [3.05, 3.63) is 0 Å². The highest BCUT2D eigenvalue weighted by atomic mass is 16.2. The third-order valence-corrected chi connectivity index (χ3v) is 13.9. The third kappa shape index (κ3) is 3.05. The molecule has 12 bridgehead atoms. The molecule has 2 amide bonds. The van der Waals surface area contributed by atoms with Crippen molar-refractivity contribution in [3.8, 4) is 0 Å². The predicted octanol–water partition coefficient (Wildman–Crippen LogP) is 5.74. The van der Waals surface area contributed by atoms with E-state index in [1.807, 2.05) is 0 Å². The topological polar surface area (TPSA) is 58.2 Å². The highest BCUT2D eigenvalue weighted by molar-refractivity contribution is 5.89. The van der Waals surface area contributed by atoms with E-state index in [1.54, 1.807) is 0 Å². The third-order valence-electron chi connectivity index (χ3n) is 13.9. The average Bonchev–Trinajstić information content (AvgIpc) is 2.75.